The summed E-state index contributed by atoms with van der Waals surface area (Å²) in [6.45, 7) is 8.40. The van der Waals surface area contributed by atoms with Gasteiger partial charge < -0.3 is 9.84 Å². The molecule has 0 aromatic rings. The molecule has 1 aliphatic rings. The molecule has 1 rings (SSSR count). The van der Waals surface area contributed by atoms with Crippen molar-refractivity contribution in [1.29, 1.82) is 0 Å². The fraction of sp³-hybridized carbons (Fsp3) is 0.923. The number of carboxylic acids is 1. The van der Waals surface area contributed by atoms with Crippen LogP contribution in [0.2, 0.25) is 0 Å². The largest absolute Gasteiger partial charge is 0.481 e. The van der Waals surface area contributed by atoms with Gasteiger partial charge >= 0.3 is 5.97 Å². The fourth-order valence-corrected chi connectivity index (χ4v) is 2.62. The number of aliphatic carboxylic acids is 1. The number of carbonyl (C=O) groups is 1. The van der Waals surface area contributed by atoms with Crippen LogP contribution in [0.4, 0.5) is 0 Å². The van der Waals surface area contributed by atoms with E-state index in [0.29, 0.717) is 11.8 Å². The van der Waals surface area contributed by atoms with Crippen LogP contribution in [-0.4, -0.2) is 23.3 Å². The Labute approximate surface area is 98.2 Å². The lowest BCUT2D eigenvalue weighted by atomic mass is 9.74. The van der Waals surface area contributed by atoms with Crippen molar-refractivity contribution in [3.63, 3.8) is 0 Å². The van der Waals surface area contributed by atoms with Gasteiger partial charge in [0, 0.05) is 0 Å². The molecule has 0 heterocycles. The summed E-state index contributed by atoms with van der Waals surface area (Å²) in [6.07, 6.45) is 2.89. The van der Waals surface area contributed by atoms with Crippen LogP contribution in [0.5, 0.6) is 0 Å². The van der Waals surface area contributed by atoms with Crippen molar-refractivity contribution in [2.24, 2.45) is 17.8 Å². The van der Waals surface area contributed by atoms with Crippen LogP contribution in [0, 0.1) is 17.8 Å². The quantitative estimate of drug-likeness (QED) is 0.804. The Morgan fingerprint density at radius 1 is 1.25 bits per heavy atom. The Morgan fingerprint density at radius 2 is 1.88 bits per heavy atom. The van der Waals surface area contributed by atoms with Crippen molar-refractivity contribution in [1.82, 2.24) is 0 Å². The smallest absolute Gasteiger partial charge is 0.306 e. The van der Waals surface area contributed by atoms with E-state index in [2.05, 4.69) is 13.8 Å². The molecule has 1 aliphatic carbocycles. The van der Waals surface area contributed by atoms with Crippen LogP contribution in [0.3, 0.4) is 0 Å². The van der Waals surface area contributed by atoms with Gasteiger partial charge in [-0.25, -0.2) is 0 Å². The lowest BCUT2D eigenvalue weighted by Gasteiger charge is -2.37. The summed E-state index contributed by atoms with van der Waals surface area (Å²) < 4.78 is 5.90. The van der Waals surface area contributed by atoms with Crippen LogP contribution >= 0.6 is 0 Å². The molecule has 3 unspecified atom stereocenters. The Morgan fingerprint density at radius 3 is 2.31 bits per heavy atom. The molecule has 0 saturated heterocycles. The zero-order chi connectivity index (χ0) is 12.3. The molecule has 0 amide bonds. The topological polar surface area (TPSA) is 46.5 Å². The SMILES string of the molecule is CC(C)OC1CCC(C(=O)O)CC1C(C)C. The molecule has 0 aromatic carbocycles. The molecule has 94 valence electrons. The number of ether oxygens (including phenoxy) is 1. The van der Waals surface area contributed by atoms with E-state index in [-0.39, 0.29) is 18.1 Å². The van der Waals surface area contributed by atoms with Gasteiger partial charge in [-0.1, -0.05) is 13.8 Å². The van der Waals surface area contributed by atoms with Gasteiger partial charge in [-0.15, -0.1) is 0 Å². The highest BCUT2D eigenvalue weighted by molar-refractivity contribution is 5.70. The second-order valence-electron chi connectivity index (χ2n) is 5.48. The molecule has 3 nitrogen and oxygen atoms in total. The minimum atomic E-state index is -0.645. The normalized spacial score (nSPS) is 31.0. The summed E-state index contributed by atoms with van der Waals surface area (Å²) in [5.41, 5.74) is 0. The van der Waals surface area contributed by atoms with Gasteiger partial charge in [-0.05, 0) is 44.9 Å². The summed E-state index contributed by atoms with van der Waals surface area (Å²) in [5.74, 6) is 0.0659. The predicted molar refractivity (Wildman–Crippen MR) is 63.3 cm³/mol. The third-order valence-corrected chi connectivity index (χ3v) is 3.49. The van der Waals surface area contributed by atoms with E-state index in [0.717, 1.165) is 19.3 Å². The van der Waals surface area contributed by atoms with Gasteiger partial charge in [0.05, 0.1) is 18.1 Å². The van der Waals surface area contributed by atoms with Crippen LogP contribution in [-0.2, 0) is 9.53 Å². The maximum atomic E-state index is 11.0. The first-order valence-corrected chi connectivity index (χ1v) is 6.30. The molecule has 0 aliphatic heterocycles. The molecule has 1 N–H and O–H groups in total. The first-order valence-electron chi connectivity index (χ1n) is 6.30. The highest BCUT2D eigenvalue weighted by Crippen LogP contribution is 2.36. The van der Waals surface area contributed by atoms with E-state index in [4.69, 9.17) is 9.84 Å². The Hall–Kier alpha value is -0.570. The summed E-state index contributed by atoms with van der Waals surface area (Å²) in [4.78, 5) is 11.0. The standard InChI is InChI=1S/C13H24O3/c1-8(2)11-7-10(13(14)15)5-6-12(11)16-9(3)4/h8-12H,5-7H2,1-4H3,(H,14,15). The van der Waals surface area contributed by atoms with Crippen molar-refractivity contribution >= 4 is 5.97 Å². The third-order valence-electron chi connectivity index (χ3n) is 3.49. The van der Waals surface area contributed by atoms with Gasteiger partial charge in [0.15, 0.2) is 0 Å². The van der Waals surface area contributed by atoms with Crippen LogP contribution in [0.15, 0.2) is 0 Å². The Bertz CT molecular complexity index is 235. The number of hydrogen-bond donors (Lipinski definition) is 1. The maximum Gasteiger partial charge on any atom is 0.306 e. The number of rotatable bonds is 4. The second-order valence-corrected chi connectivity index (χ2v) is 5.48. The first-order chi connectivity index (χ1) is 7.41. The van der Waals surface area contributed by atoms with Crippen molar-refractivity contribution in [2.75, 3.05) is 0 Å². The first kappa shape index (κ1) is 13.5. The van der Waals surface area contributed by atoms with Crippen LogP contribution in [0.25, 0.3) is 0 Å². The van der Waals surface area contributed by atoms with Gasteiger partial charge in [0.25, 0.3) is 0 Å². The van der Waals surface area contributed by atoms with Crippen molar-refractivity contribution in [3.8, 4) is 0 Å². The molecule has 3 atom stereocenters. The van der Waals surface area contributed by atoms with Gasteiger partial charge in [0.1, 0.15) is 0 Å². The molecule has 1 saturated carbocycles. The molecule has 16 heavy (non-hydrogen) atoms. The van der Waals surface area contributed by atoms with E-state index in [1.165, 1.54) is 0 Å². The average molecular weight is 228 g/mol. The van der Waals surface area contributed by atoms with Crippen molar-refractivity contribution in [3.05, 3.63) is 0 Å². The van der Waals surface area contributed by atoms with Crippen LogP contribution < -0.4 is 0 Å². The summed E-state index contributed by atoms with van der Waals surface area (Å²) in [7, 11) is 0. The lowest BCUT2D eigenvalue weighted by molar-refractivity contribution is -0.146. The van der Waals surface area contributed by atoms with Crippen molar-refractivity contribution < 1.29 is 14.6 Å². The molecule has 0 spiro atoms. The molecular formula is C13H24O3. The van der Waals surface area contributed by atoms with E-state index < -0.39 is 5.97 Å². The minimum Gasteiger partial charge on any atom is -0.481 e. The molecule has 1 fully saturated rings. The van der Waals surface area contributed by atoms with Gasteiger partial charge in [-0.3, -0.25) is 4.79 Å². The predicted octanol–water partition coefficient (Wildman–Crippen LogP) is 2.94. The summed E-state index contributed by atoms with van der Waals surface area (Å²) >= 11 is 0. The zero-order valence-electron chi connectivity index (χ0n) is 10.8. The lowest BCUT2D eigenvalue weighted by Crippen LogP contribution is -2.38. The molecule has 3 heteroatoms. The zero-order valence-corrected chi connectivity index (χ0v) is 10.8. The van der Waals surface area contributed by atoms with Crippen molar-refractivity contribution in [2.45, 2.75) is 59.2 Å². The summed E-state index contributed by atoms with van der Waals surface area (Å²) in [5, 5.41) is 9.07. The second kappa shape index (κ2) is 5.67. The third kappa shape index (κ3) is 3.48. The fourth-order valence-electron chi connectivity index (χ4n) is 2.62. The van der Waals surface area contributed by atoms with Crippen LogP contribution in [0.1, 0.15) is 47.0 Å². The van der Waals surface area contributed by atoms with Gasteiger partial charge in [-0.2, -0.15) is 0 Å². The molecule has 0 radical (unpaired) electrons. The van der Waals surface area contributed by atoms with E-state index in [1.54, 1.807) is 0 Å². The molecular weight excluding hydrogens is 204 g/mol. The average Bonchev–Trinajstić information content (AvgIpc) is 2.16. The molecule has 0 bridgehead atoms. The molecule has 0 aromatic heterocycles. The Kier molecular flexibility index (Phi) is 4.78. The highest BCUT2D eigenvalue weighted by Gasteiger charge is 2.36. The number of hydrogen-bond acceptors (Lipinski definition) is 2. The van der Waals surface area contributed by atoms with E-state index in [1.807, 2.05) is 13.8 Å². The van der Waals surface area contributed by atoms with E-state index >= 15 is 0 Å². The minimum absolute atomic E-state index is 0.167. The summed E-state index contributed by atoms with van der Waals surface area (Å²) in [6, 6.07) is 0. The number of carboxylic acid groups (broad SMARTS) is 1. The monoisotopic (exact) mass is 228 g/mol. The highest BCUT2D eigenvalue weighted by atomic mass is 16.5. The van der Waals surface area contributed by atoms with E-state index in [9.17, 15) is 4.79 Å². The Balaban J connectivity index is 2.63. The van der Waals surface area contributed by atoms with Gasteiger partial charge in [0.2, 0.25) is 0 Å². The maximum absolute atomic E-state index is 11.0.